The van der Waals surface area contributed by atoms with Crippen LogP contribution in [0.15, 0.2) is 71.6 Å². The molecule has 9 heteroatoms. The number of nitrogens with one attached hydrogen (secondary N) is 2. The second-order valence-corrected chi connectivity index (χ2v) is 7.81. The molecule has 0 aliphatic carbocycles. The highest BCUT2D eigenvalue weighted by atomic mass is 35.5. The molecular formula is C19H13ClF2N2O3S. The summed E-state index contributed by atoms with van der Waals surface area (Å²) in [5.74, 6) is -1.75. The van der Waals surface area contributed by atoms with Gasteiger partial charge < -0.3 is 5.32 Å². The van der Waals surface area contributed by atoms with Gasteiger partial charge in [-0.3, -0.25) is 9.52 Å². The Balaban J connectivity index is 1.87. The lowest BCUT2D eigenvalue weighted by Gasteiger charge is -2.11. The van der Waals surface area contributed by atoms with Crippen molar-refractivity contribution in [1.82, 2.24) is 0 Å². The van der Waals surface area contributed by atoms with Crippen LogP contribution in [0.2, 0.25) is 5.02 Å². The molecule has 0 atom stereocenters. The van der Waals surface area contributed by atoms with Crippen LogP contribution in [-0.4, -0.2) is 14.3 Å². The molecule has 3 aromatic rings. The van der Waals surface area contributed by atoms with Crippen LogP contribution in [0.3, 0.4) is 0 Å². The lowest BCUT2D eigenvalue weighted by molar-refractivity contribution is 0.102. The van der Waals surface area contributed by atoms with Crippen LogP contribution in [0.25, 0.3) is 0 Å². The third-order valence-electron chi connectivity index (χ3n) is 3.67. The van der Waals surface area contributed by atoms with Crippen molar-refractivity contribution < 1.29 is 22.0 Å². The van der Waals surface area contributed by atoms with Crippen LogP contribution in [-0.2, 0) is 10.0 Å². The van der Waals surface area contributed by atoms with Gasteiger partial charge in [0.2, 0.25) is 0 Å². The van der Waals surface area contributed by atoms with Gasteiger partial charge in [0.15, 0.2) is 0 Å². The van der Waals surface area contributed by atoms with E-state index >= 15 is 0 Å². The summed E-state index contributed by atoms with van der Waals surface area (Å²) in [5, 5.41) is 2.48. The summed E-state index contributed by atoms with van der Waals surface area (Å²) >= 11 is 6.02. The van der Waals surface area contributed by atoms with Crippen molar-refractivity contribution in [3.63, 3.8) is 0 Å². The molecule has 0 radical (unpaired) electrons. The van der Waals surface area contributed by atoms with Crippen LogP contribution in [0.1, 0.15) is 10.4 Å². The zero-order valence-corrected chi connectivity index (χ0v) is 15.7. The fourth-order valence-corrected chi connectivity index (χ4v) is 3.63. The Morgan fingerprint density at radius 3 is 2.25 bits per heavy atom. The second-order valence-electron chi connectivity index (χ2n) is 5.72. The first-order chi connectivity index (χ1) is 13.2. The van der Waals surface area contributed by atoms with Crippen LogP contribution in [0.5, 0.6) is 0 Å². The van der Waals surface area contributed by atoms with E-state index in [0.29, 0.717) is 0 Å². The number of carbonyl (C=O) groups excluding carboxylic acids is 1. The van der Waals surface area contributed by atoms with Crippen LogP contribution in [0.4, 0.5) is 20.2 Å². The van der Waals surface area contributed by atoms with Crippen molar-refractivity contribution in [2.75, 3.05) is 10.0 Å². The van der Waals surface area contributed by atoms with E-state index in [-0.39, 0.29) is 26.9 Å². The normalized spacial score (nSPS) is 11.1. The Labute approximate surface area is 165 Å². The summed E-state index contributed by atoms with van der Waals surface area (Å²) in [7, 11) is -4.05. The third kappa shape index (κ3) is 4.65. The van der Waals surface area contributed by atoms with Crippen molar-refractivity contribution >= 4 is 38.9 Å². The van der Waals surface area contributed by atoms with Crippen molar-refractivity contribution in [2.45, 2.75) is 4.90 Å². The van der Waals surface area contributed by atoms with Gasteiger partial charge in [0.05, 0.1) is 15.5 Å². The molecule has 3 rings (SSSR count). The molecular weight excluding hydrogens is 410 g/mol. The molecule has 2 N–H and O–H groups in total. The number of sulfonamides is 1. The molecule has 0 fully saturated rings. The van der Waals surface area contributed by atoms with Gasteiger partial charge in [-0.05, 0) is 60.7 Å². The molecule has 0 unspecified atom stereocenters. The lowest BCUT2D eigenvalue weighted by atomic mass is 10.2. The van der Waals surface area contributed by atoms with E-state index in [2.05, 4.69) is 10.0 Å². The number of benzene rings is 3. The number of anilines is 2. The van der Waals surface area contributed by atoms with E-state index in [1.807, 2.05) is 0 Å². The maximum absolute atomic E-state index is 13.3. The van der Waals surface area contributed by atoms with Gasteiger partial charge in [-0.2, -0.15) is 0 Å². The highest BCUT2D eigenvalue weighted by Crippen LogP contribution is 2.24. The molecule has 0 aliphatic rings. The highest BCUT2D eigenvalue weighted by Gasteiger charge is 2.19. The fraction of sp³-hybridized carbons (Fsp3) is 0. The summed E-state index contributed by atoms with van der Waals surface area (Å²) < 4.78 is 53.6. The van der Waals surface area contributed by atoms with E-state index in [1.165, 1.54) is 42.5 Å². The topological polar surface area (TPSA) is 75.3 Å². The summed E-state index contributed by atoms with van der Waals surface area (Å²) in [5.41, 5.74) is 0.244. The van der Waals surface area contributed by atoms with E-state index in [4.69, 9.17) is 11.6 Å². The average molecular weight is 423 g/mol. The first-order valence-corrected chi connectivity index (χ1v) is 9.75. The molecule has 0 aliphatic heterocycles. The molecule has 0 saturated carbocycles. The van der Waals surface area contributed by atoms with E-state index < -0.39 is 27.6 Å². The van der Waals surface area contributed by atoms with Crippen molar-refractivity contribution in [3.05, 3.63) is 89.0 Å². The molecule has 144 valence electrons. The predicted molar refractivity (Wildman–Crippen MR) is 103 cm³/mol. The first kappa shape index (κ1) is 19.8. The van der Waals surface area contributed by atoms with Gasteiger partial charge in [-0.25, -0.2) is 17.2 Å². The molecule has 28 heavy (non-hydrogen) atoms. The van der Waals surface area contributed by atoms with Gasteiger partial charge in [-0.1, -0.05) is 17.7 Å². The van der Waals surface area contributed by atoms with Gasteiger partial charge in [-0.15, -0.1) is 0 Å². The smallest absolute Gasteiger partial charge is 0.261 e. The van der Waals surface area contributed by atoms with Gasteiger partial charge in [0.25, 0.3) is 15.9 Å². The Kier molecular flexibility index (Phi) is 5.62. The van der Waals surface area contributed by atoms with Crippen molar-refractivity contribution in [3.8, 4) is 0 Å². The molecule has 0 saturated heterocycles. The summed E-state index contributed by atoms with van der Waals surface area (Å²) in [4.78, 5) is 12.2. The molecule has 5 nitrogen and oxygen atoms in total. The summed E-state index contributed by atoms with van der Waals surface area (Å²) in [6.45, 7) is 0. The minimum atomic E-state index is -4.05. The quantitative estimate of drug-likeness (QED) is 0.627. The zero-order valence-electron chi connectivity index (χ0n) is 14.1. The van der Waals surface area contributed by atoms with E-state index in [1.54, 1.807) is 0 Å². The number of rotatable bonds is 5. The Bertz CT molecular complexity index is 1140. The number of halogens is 3. The SMILES string of the molecule is O=C(Nc1cccc(F)c1)c1cc(S(=O)(=O)Nc2ccc(F)cc2)ccc1Cl. The number of hydrogen-bond donors (Lipinski definition) is 2. The molecule has 0 aromatic heterocycles. The first-order valence-electron chi connectivity index (χ1n) is 7.89. The standard InChI is InChI=1S/C19H13ClF2N2O3S/c20-18-9-8-16(28(26,27)24-14-6-4-12(21)5-7-14)11-17(18)19(25)23-15-3-1-2-13(22)10-15/h1-11,24H,(H,23,25). The minimum Gasteiger partial charge on any atom is -0.322 e. The zero-order chi connectivity index (χ0) is 20.3. The number of hydrogen-bond acceptors (Lipinski definition) is 3. The van der Waals surface area contributed by atoms with Gasteiger partial charge in [0, 0.05) is 11.4 Å². The van der Waals surface area contributed by atoms with E-state index in [0.717, 1.165) is 24.3 Å². The van der Waals surface area contributed by atoms with Gasteiger partial charge in [0.1, 0.15) is 11.6 Å². The molecule has 3 aromatic carbocycles. The fourth-order valence-electron chi connectivity index (χ4n) is 2.34. The number of carbonyl (C=O) groups is 1. The Morgan fingerprint density at radius 1 is 0.857 bits per heavy atom. The average Bonchev–Trinajstić information content (AvgIpc) is 2.63. The summed E-state index contributed by atoms with van der Waals surface area (Å²) in [6.07, 6.45) is 0. The maximum Gasteiger partial charge on any atom is 0.261 e. The highest BCUT2D eigenvalue weighted by molar-refractivity contribution is 7.92. The Hall–Kier alpha value is -2.97. The molecule has 0 bridgehead atoms. The molecule has 0 heterocycles. The van der Waals surface area contributed by atoms with Crippen LogP contribution in [0, 0.1) is 11.6 Å². The Morgan fingerprint density at radius 2 is 1.57 bits per heavy atom. The summed E-state index contributed by atoms with van der Waals surface area (Å²) in [6, 6.07) is 13.6. The maximum atomic E-state index is 13.3. The largest absolute Gasteiger partial charge is 0.322 e. The molecule has 1 amide bonds. The predicted octanol–water partition coefficient (Wildman–Crippen LogP) is 4.67. The van der Waals surface area contributed by atoms with Crippen molar-refractivity contribution in [1.29, 1.82) is 0 Å². The van der Waals surface area contributed by atoms with Crippen LogP contribution < -0.4 is 10.0 Å². The van der Waals surface area contributed by atoms with Crippen molar-refractivity contribution in [2.24, 2.45) is 0 Å². The molecule has 0 spiro atoms. The number of amides is 1. The minimum absolute atomic E-state index is 0.0228. The van der Waals surface area contributed by atoms with Gasteiger partial charge >= 0.3 is 0 Å². The third-order valence-corrected chi connectivity index (χ3v) is 5.38. The van der Waals surface area contributed by atoms with E-state index in [9.17, 15) is 22.0 Å². The van der Waals surface area contributed by atoms with Crippen LogP contribution >= 0.6 is 11.6 Å². The lowest BCUT2D eigenvalue weighted by Crippen LogP contribution is -2.16. The monoisotopic (exact) mass is 422 g/mol. The second kappa shape index (κ2) is 7.95.